The number of morpholine rings is 1. The number of ether oxygens (including phenoxy) is 1. The average Bonchev–Trinajstić information content (AvgIpc) is 3.53. The molecule has 1 N–H and O–H groups in total. The van der Waals surface area contributed by atoms with E-state index in [1.807, 2.05) is 18.7 Å². The van der Waals surface area contributed by atoms with E-state index in [0.717, 1.165) is 31.2 Å². The molecule has 3 fully saturated rings. The van der Waals surface area contributed by atoms with Crippen LogP contribution in [0.1, 0.15) is 31.9 Å². The number of halogens is 5. The summed E-state index contributed by atoms with van der Waals surface area (Å²) in [6.45, 7) is 6.72. The summed E-state index contributed by atoms with van der Waals surface area (Å²) in [7, 11) is 0. The predicted octanol–water partition coefficient (Wildman–Crippen LogP) is 4.67. The Morgan fingerprint density at radius 3 is 2.52 bits per heavy atom. The molecule has 0 aliphatic carbocycles. The number of piperazine rings is 1. The van der Waals surface area contributed by atoms with E-state index in [4.69, 9.17) is 4.74 Å². The van der Waals surface area contributed by atoms with E-state index in [1.165, 1.54) is 16.3 Å². The van der Waals surface area contributed by atoms with Gasteiger partial charge in [0.25, 0.3) is 0 Å². The highest BCUT2D eigenvalue weighted by molar-refractivity contribution is 7.99. The smallest absolute Gasteiger partial charge is 0.375 e. The van der Waals surface area contributed by atoms with Crippen LogP contribution in [0, 0.1) is 11.6 Å². The molecule has 4 aliphatic rings. The molecule has 13 heteroatoms. The number of fused-ring (bicyclic) bond motifs is 2. The Morgan fingerprint density at radius 2 is 1.88 bits per heavy atom. The van der Waals surface area contributed by atoms with Crippen molar-refractivity contribution in [2.24, 2.45) is 0 Å². The quantitative estimate of drug-likeness (QED) is 0.433. The lowest BCUT2D eigenvalue weighted by molar-refractivity contribution is -0.137. The first-order valence-electron chi connectivity index (χ1n) is 14.1. The second-order valence-electron chi connectivity index (χ2n) is 11.9. The number of benzene rings is 2. The van der Waals surface area contributed by atoms with Crippen molar-refractivity contribution in [3.05, 3.63) is 51.9 Å². The molecule has 7 nitrogen and oxygen atoms in total. The minimum Gasteiger partial charge on any atom is -0.375 e. The van der Waals surface area contributed by atoms with Crippen LogP contribution in [0.2, 0.25) is 0 Å². The summed E-state index contributed by atoms with van der Waals surface area (Å²) in [5, 5.41) is 3.60. The normalized spacial score (nSPS) is 27.8. The third-order valence-corrected chi connectivity index (χ3v) is 9.99. The average molecular weight is 608 g/mol. The maximum atomic E-state index is 15.2. The summed E-state index contributed by atoms with van der Waals surface area (Å²) in [5.41, 5.74) is -2.01. The SMILES string of the molecule is C[C@@H]1CN(c2nc(=O)n3c4c(c(-c5ccc(F)cc5F)c(C(F)(F)F)cc24)SC[C@@H]3CN2C[C@@H]3C[C@H]2CO3)C[C@H](C)N1. The van der Waals surface area contributed by atoms with Gasteiger partial charge in [-0.1, -0.05) is 0 Å². The van der Waals surface area contributed by atoms with E-state index in [2.05, 4.69) is 15.2 Å². The monoisotopic (exact) mass is 607 g/mol. The van der Waals surface area contributed by atoms with Crippen molar-refractivity contribution >= 4 is 28.5 Å². The van der Waals surface area contributed by atoms with Crippen molar-refractivity contribution in [1.29, 1.82) is 0 Å². The highest BCUT2D eigenvalue weighted by atomic mass is 32.2. The maximum absolute atomic E-state index is 15.2. The van der Waals surface area contributed by atoms with Gasteiger partial charge in [0.1, 0.15) is 17.5 Å². The van der Waals surface area contributed by atoms with Gasteiger partial charge >= 0.3 is 11.9 Å². The number of nitrogens with one attached hydrogen (secondary N) is 1. The van der Waals surface area contributed by atoms with Gasteiger partial charge in [0.2, 0.25) is 0 Å². The second-order valence-corrected chi connectivity index (χ2v) is 12.9. The number of hydrogen-bond donors (Lipinski definition) is 1. The second kappa shape index (κ2) is 10.2. The minimum atomic E-state index is -4.85. The Bertz CT molecular complexity index is 1620. The zero-order valence-corrected chi connectivity index (χ0v) is 23.9. The van der Waals surface area contributed by atoms with E-state index in [0.29, 0.717) is 43.6 Å². The van der Waals surface area contributed by atoms with Gasteiger partial charge in [0, 0.05) is 77.5 Å². The largest absolute Gasteiger partial charge is 0.417 e. The molecule has 2 aromatic carbocycles. The van der Waals surface area contributed by atoms with Crippen LogP contribution >= 0.6 is 11.8 Å². The summed E-state index contributed by atoms with van der Waals surface area (Å²) in [5.74, 6) is -1.49. The van der Waals surface area contributed by atoms with Crippen molar-refractivity contribution in [3.8, 4) is 11.1 Å². The Kier molecular flexibility index (Phi) is 6.80. The lowest BCUT2D eigenvalue weighted by atomic mass is 9.95. The Balaban J connectivity index is 1.49. The Labute approximate surface area is 243 Å². The molecule has 7 rings (SSSR count). The molecule has 3 aromatic rings. The fraction of sp³-hybridized carbons (Fsp3) is 0.517. The molecule has 2 bridgehead atoms. The van der Waals surface area contributed by atoms with E-state index in [-0.39, 0.29) is 57.5 Å². The van der Waals surface area contributed by atoms with Gasteiger partial charge < -0.3 is 15.0 Å². The number of hydrogen-bond acceptors (Lipinski definition) is 7. The number of thioether (sulfide) groups is 1. The third kappa shape index (κ3) is 4.68. The van der Waals surface area contributed by atoms with Crippen molar-refractivity contribution in [1.82, 2.24) is 19.8 Å². The summed E-state index contributed by atoms with van der Waals surface area (Å²) in [6, 6.07) is 3.49. The highest BCUT2D eigenvalue weighted by Crippen LogP contribution is 2.50. The first-order valence-corrected chi connectivity index (χ1v) is 15.1. The molecule has 3 saturated heterocycles. The van der Waals surface area contributed by atoms with E-state index < -0.39 is 29.1 Å². The van der Waals surface area contributed by atoms with Crippen LogP contribution in [-0.2, 0) is 10.9 Å². The van der Waals surface area contributed by atoms with E-state index in [1.54, 1.807) is 0 Å². The molecule has 1 aromatic heterocycles. The van der Waals surface area contributed by atoms with Gasteiger partial charge in [-0.3, -0.25) is 9.47 Å². The molecule has 224 valence electrons. The summed E-state index contributed by atoms with van der Waals surface area (Å²) < 4.78 is 80.6. The highest BCUT2D eigenvalue weighted by Gasteiger charge is 2.43. The van der Waals surface area contributed by atoms with Gasteiger partial charge in [-0.05, 0) is 38.5 Å². The molecule has 5 atom stereocenters. The van der Waals surface area contributed by atoms with Crippen molar-refractivity contribution < 1.29 is 26.7 Å². The fourth-order valence-corrected chi connectivity index (χ4v) is 8.45. The van der Waals surface area contributed by atoms with Crippen molar-refractivity contribution in [3.63, 3.8) is 0 Å². The van der Waals surface area contributed by atoms with Crippen LogP contribution < -0.4 is 15.9 Å². The van der Waals surface area contributed by atoms with Crippen molar-refractivity contribution in [2.75, 3.05) is 43.4 Å². The fourth-order valence-electron chi connectivity index (χ4n) is 7.12. The molecule has 5 heterocycles. The van der Waals surface area contributed by atoms with Crippen molar-refractivity contribution in [2.45, 2.75) is 61.6 Å². The number of likely N-dealkylation sites (tertiary alicyclic amines) is 1. The molecule has 0 unspecified atom stereocenters. The van der Waals surface area contributed by atoms with Crippen LogP contribution in [0.4, 0.5) is 27.8 Å². The molecule has 0 saturated carbocycles. The standard InChI is InChI=1S/C29H30F5N5O2S/c1-14-8-38(9-15(2)35-14)27-21-7-22(29(32,33)34)24(20-4-3-16(30)5-23(20)31)26-25(21)39(28(40)36-27)18(13-42-26)10-37-11-19-6-17(37)12-41-19/h3-5,7,14-15,17-19,35H,6,8-13H2,1-2H3/t14-,15+,17-,18-,19-/m0/s1. The van der Waals surface area contributed by atoms with E-state index in [9.17, 15) is 22.4 Å². The van der Waals surface area contributed by atoms with Crippen LogP contribution in [0.25, 0.3) is 22.0 Å². The van der Waals surface area contributed by atoms with E-state index >= 15 is 4.39 Å². The minimum absolute atomic E-state index is 0.0185. The van der Waals surface area contributed by atoms with Gasteiger partial charge in [0.05, 0.1) is 29.8 Å². The summed E-state index contributed by atoms with van der Waals surface area (Å²) in [4.78, 5) is 22.6. The third-order valence-electron chi connectivity index (χ3n) is 8.75. The topological polar surface area (TPSA) is 62.6 Å². The predicted molar refractivity (Wildman–Crippen MR) is 150 cm³/mol. The summed E-state index contributed by atoms with van der Waals surface area (Å²) in [6.07, 6.45) is -3.79. The Hall–Kier alpha value is -2.74. The van der Waals surface area contributed by atoms with Gasteiger partial charge in [-0.15, -0.1) is 11.8 Å². The van der Waals surface area contributed by atoms with Crippen LogP contribution in [0.15, 0.2) is 34.0 Å². The lowest BCUT2D eigenvalue weighted by Gasteiger charge is -2.39. The molecule has 42 heavy (non-hydrogen) atoms. The van der Waals surface area contributed by atoms with Gasteiger partial charge in [0.15, 0.2) is 0 Å². The zero-order valence-electron chi connectivity index (χ0n) is 23.0. The number of aromatic nitrogens is 2. The maximum Gasteiger partial charge on any atom is 0.417 e. The molecule has 0 amide bonds. The number of anilines is 1. The zero-order chi connectivity index (χ0) is 29.5. The first-order chi connectivity index (χ1) is 20.0. The molecular formula is C29H30F5N5O2S. The van der Waals surface area contributed by atoms with Crippen LogP contribution in [0.5, 0.6) is 0 Å². The Morgan fingerprint density at radius 1 is 1.12 bits per heavy atom. The molecular weight excluding hydrogens is 577 g/mol. The van der Waals surface area contributed by atoms with Crippen LogP contribution in [0.3, 0.4) is 0 Å². The molecule has 4 aliphatic heterocycles. The van der Waals surface area contributed by atoms with Gasteiger partial charge in [-0.2, -0.15) is 18.2 Å². The summed E-state index contributed by atoms with van der Waals surface area (Å²) >= 11 is 1.19. The molecule has 0 spiro atoms. The molecule has 0 radical (unpaired) electrons. The van der Waals surface area contributed by atoms with Gasteiger partial charge in [-0.25, -0.2) is 13.6 Å². The number of rotatable bonds is 4. The number of alkyl halides is 3. The first kappa shape index (κ1) is 28.1. The number of nitrogens with zero attached hydrogens (tertiary/aromatic N) is 4. The van der Waals surface area contributed by atoms with Crippen LogP contribution in [-0.4, -0.2) is 77.2 Å². The lowest BCUT2D eigenvalue weighted by Crippen LogP contribution is -2.55.